The third-order valence-electron chi connectivity index (χ3n) is 3.69. The van der Waals surface area contributed by atoms with Gasteiger partial charge in [-0.15, -0.1) is 22.7 Å². The van der Waals surface area contributed by atoms with Crippen LogP contribution in [0.3, 0.4) is 0 Å². The number of alkyl halides is 2. The third kappa shape index (κ3) is 3.23. The summed E-state index contributed by atoms with van der Waals surface area (Å²) >= 11 is 2.97. The largest absolute Gasteiger partial charge is 0.337 e. The number of hydrogen-bond donors (Lipinski definition) is 2. The van der Waals surface area contributed by atoms with Gasteiger partial charge in [0, 0.05) is 15.8 Å². The number of anilines is 1. The molecule has 4 rings (SSSR count). The van der Waals surface area contributed by atoms with E-state index in [4.69, 9.17) is 0 Å². The van der Waals surface area contributed by atoms with Gasteiger partial charge < -0.3 is 4.98 Å². The minimum Gasteiger partial charge on any atom is -0.337 e. The summed E-state index contributed by atoms with van der Waals surface area (Å²) in [6.07, 6.45) is -2.69. The SMILES string of the molecule is Cc1ccc(-c2csc(NC(=O)c3ccc4nc(C(F)F)[nH]c4c3)n2)s1. The minimum absolute atomic E-state index is 0.339. The molecular formula is C17H12F2N4OS2. The molecule has 0 radical (unpaired) electrons. The number of H-pyrrole nitrogens is 1. The Balaban J connectivity index is 1.54. The van der Waals surface area contributed by atoms with E-state index < -0.39 is 12.2 Å². The second kappa shape index (κ2) is 6.58. The first kappa shape index (κ1) is 16.8. The monoisotopic (exact) mass is 390 g/mol. The topological polar surface area (TPSA) is 70.7 Å². The molecule has 0 bridgehead atoms. The number of benzene rings is 1. The van der Waals surface area contributed by atoms with Crippen molar-refractivity contribution in [3.63, 3.8) is 0 Å². The smallest absolute Gasteiger partial charge is 0.295 e. The van der Waals surface area contributed by atoms with Gasteiger partial charge in [0.05, 0.1) is 21.6 Å². The molecule has 2 N–H and O–H groups in total. The van der Waals surface area contributed by atoms with E-state index in [1.165, 1.54) is 28.3 Å². The van der Waals surface area contributed by atoms with Crippen LogP contribution in [0.4, 0.5) is 13.9 Å². The maximum Gasteiger partial charge on any atom is 0.295 e. The molecule has 1 amide bonds. The molecule has 0 atom stereocenters. The van der Waals surface area contributed by atoms with Crippen LogP contribution in [0.25, 0.3) is 21.6 Å². The molecule has 5 nitrogen and oxygen atoms in total. The Morgan fingerprint density at radius 2 is 2.08 bits per heavy atom. The molecule has 0 spiro atoms. The maximum atomic E-state index is 12.7. The van der Waals surface area contributed by atoms with E-state index in [2.05, 4.69) is 20.3 Å². The average Bonchev–Trinajstić information content (AvgIpc) is 3.32. The number of nitrogens with zero attached hydrogens (tertiary/aromatic N) is 2. The van der Waals surface area contributed by atoms with Gasteiger partial charge in [-0.05, 0) is 37.3 Å². The fourth-order valence-corrected chi connectivity index (χ4v) is 4.07. The number of hydrogen-bond acceptors (Lipinski definition) is 5. The zero-order valence-corrected chi connectivity index (χ0v) is 15.0. The lowest BCUT2D eigenvalue weighted by molar-refractivity contribution is 0.102. The number of aromatic amines is 1. The molecule has 0 aliphatic heterocycles. The van der Waals surface area contributed by atoms with Gasteiger partial charge in [-0.2, -0.15) is 0 Å². The van der Waals surface area contributed by atoms with Gasteiger partial charge in [0.2, 0.25) is 0 Å². The highest BCUT2D eigenvalue weighted by molar-refractivity contribution is 7.17. The van der Waals surface area contributed by atoms with Crippen LogP contribution in [0, 0.1) is 6.92 Å². The fraction of sp³-hybridized carbons (Fsp3) is 0.118. The number of amides is 1. The molecule has 0 saturated carbocycles. The molecule has 3 heterocycles. The standard InChI is InChI=1S/C17H12F2N4OS2/c1-8-2-5-13(26-8)12-7-25-17(22-12)23-16(24)9-3-4-10-11(6-9)21-15(20-10)14(18)19/h2-7,14H,1H3,(H,20,21)(H,22,23,24). The number of thiophene rings is 1. The predicted octanol–water partition coefficient (Wildman–Crippen LogP) is 5.25. The molecule has 0 aliphatic carbocycles. The van der Waals surface area contributed by atoms with Gasteiger partial charge in [-0.1, -0.05) is 0 Å². The van der Waals surface area contributed by atoms with Crippen molar-refractivity contribution in [3.05, 3.63) is 52.0 Å². The fourth-order valence-electron chi connectivity index (χ4n) is 2.46. The van der Waals surface area contributed by atoms with E-state index in [1.807, 2.05) is 24.4 Å². The summed E-state index contributed by atoms with van der Waals surface area (Å²) in [4.78, 5) is 25.4. The lowest BCUT2D eigenvalue weighted by Gasteiger charge is -2.01. The van der Waals surface area contributed by atoms with Crippen LogP contribution >= 0.6 is 22.7 Å². The number of imidazole rings is 1. The first-order valence-electron chi connectivity index (χ1n) is 7.61. The van der Waals surface area contributed by atoms with Crippen molar-refractivity contribution in [1.82, 2.24) is 15.0 Å². The minimum atomic E-state index is -2.69. The molecular weight excluding hydrogens is 378 g/mol. The molecule has 26 heavy (non-hydrogen) atoms. The summed E-state index contributed by atoms with van der Waals surface area (Å²) in [5.41, 5.74) is 1.93. The van der Waals surface area contributed by atoms with E-state index in [-0.39, 0.29) is 5.91 Å². The third-order valence-corrected chi connectivity index (χ3v) is 5.47. The Labute approximate surface area is 154 Å². The highest BCUT2D eigenvalue weighted by Crippen LogP contribution is 2.30. The summed E-state index contributed by atoms with van der Waals surface area (Å²) in [5.74, 6) is -0.767. The molecule has 1 aromatic carbocycles. The summed E-state index contributed by atoms with van der Waals surface area (Å²) < 4.78 is 25.4. The highest BCUT2D eigenvalue weighted by atomic mass is 32.1. The van der Waals surface area contributed by atoms with Crippen molar-refractivity contribution in [2.75, 3.05) is 5.32 Å². The van der Waals surface area contributed by atoms with E-state index >= 15 is 0 Å². The number of halogens is 2. The average molecular weight is 390 g/mol. The number of aromatic nitrogens is 3. The summed E-state index contributed by atoms with van der Waals surface area (Å²) in [6, 6.07) is 8.60. The van der Waals surface area contributed by atoms with Crippen molar-refractivity contribution < 1.29 is 13.6 Å². The first-order chi connectivity index (χ1) is 12.5. The lowest BCUT2D eigenvalue weighted by atomic mass is 10.2. The summed E-state index contributed by atoms with van der Waals surface area (Å²) in [6.45, 7) is 2.02. The number of rotatable bonds is 4. The van der Waals surface area contributed by atoms with E-state index in [0.717, 1.165) is 10.6 Å². The van der Waals surface area contributed by atoms with Crippen LogP contribution in [-0.4, -0.2) is 20.9 Å². The number of thiazole rings is 1. The van der Waals surface area contributed by atoms with Crippen LogP contribution in [0.5, 0.6) is 0 Å². The van der Waals surface area contributed by atoms with Gasteiger partial charge in [0.25, 0.3) is 12.3 Å². The lowest BCUT2D eigenvalue weighted by Crippen LogP contribution is -2.11. The van der Waals surface area contributed by atoms with Crippen molar-refractivity contribution >= 4 is 44.7 Å². The summed E-state index contributed by atoms with van der Waals surface area (Å²) in [7, 11) is 0. The van der Waals surface area contributed by atoms with E-state index in [9.17, 15) is 13.6 Å². The zero-order valence-electron chi connectivity index (χ0n) is 13.4. The van der Waals surface area contributed by atoms with Crippen LogP contribution in [-0.2, 0) is 0 Å². The second-order valence-corrected chi connectivity index (χ2v) is 7.70. The normalized spacial score (nSPS) is 11.4. The number of aryl methyl sites for hydroxylation is 1. The molecule has 132 valence electrons. The van der Waals surface area contributed by atoms with Crippen LogP contribution in [0.1, 0.15) is 27.5 Å². The van der Waals surface area contributed by atoms with Crippen LogP contribution in [0.15, 0.2) is 35.7 Å². The van der Waals surface area contributed by atoms with E-state index in [1.54, 1.807) is 17.4 Å². The molecule has 9 heteroatoms. The van der Waals surface area contributed by atoms with Crippen molar-refractivity contribution in [1.29, 1.82) is 0 Å². The first-order valence-corrected chi connectivity index (χ1v) is 9.31. The van der Waals surface area contributed by atoms with Crippen LogP contribution in [0.2, 0.25) is 0 Å². The Kier molecular flexibility index (Phi) is 4.25. The Morgan fingerprint density at radius 1 is 1.23 bits per heavy atom. The van der Waals surface area contributed by atoms with Gasteiger partial charge in [0.1, 0.15) is 0 Å². The molecule has 0 fully saturated rings. The second-order valence-electron chi connectivity index (χ2n) is 5.56. The number of carbonyl (C=O) groups excluding carboxylic acids is 1. The van der Waals surface area contributed by atoms with Crippen molar-refractivity contribution in [2.45, 2.75) is 13.3 Å². The molecule has 3 aromatic heterocycles. The predicted molar refractivity (Wildman–Crippen MR) is 99.2 cm³/mol. The maximum absolute atomic E-state index is 12.7. The van der Waals surface area contributed by atoms with Gasteiger partial charge >= 0.3 is 0 Å². The number of carbonyl (C=O) groups is 1. The number of nitrogens with one attached hydrogen (secondary N) is 2. The number of fused-ring (bicyclic) bond motifs is 1. The van der Waals surface area contributed by atoms with Gasteiger partial charge in [-0.3, -0.25) is 10.1 Å². The molecule has 0 unspecified atom stereocenters. The van der Waals surface area contributed by atoms with Gasteiger partial charge in [0.15, 0.2) is 11.0 Å². The van der Waals surface area contributed by atoms with Gasteiger partial charge in [-0.25, -0.2) is 18.7 Å². The zero-order chi connectivity index (χ0) is 18.3. The van der Waals surface area contributed by atoms with E-state index in [0.29, 0.717) is 21.7 Å². The quantitative estimate of drug-likeness (QED) is 0.500. The summed E-state index contributed by atoms with van der Waals surface area (Å²) in [5, 5.41) is 5.10. The molecule has 4 aromatic rings. The Bertz CT molecular complexity index is 1100. The van der Waals surface area contributed by atoms with Crippen molar-refractivity contribution in [2.24, 2.45) is 0 Å². The highest BCUT2D eigenvalue weighted by Gasteiger charge is 2.15. The Morgan fingerprint density at radius 3 is 2.81 bits per heavy atom. The molecule has 0 saturated heterocycles. The Hall–Kier alpha value is -2.65. The van der Waals surface area contributed by atoms with Crippen LogP contribution < -0.4 is 5.32 Å². The molecule has 0 aliphatic rings. The van der Waals surface area contributed by atoms with Crippen molar-refractivity contribution in [3.8, 4) is 10.6 Å².